The number of nitrogens with one attached hydrogen (secondary N) is 2. The Bertz CT molecular complexity index is 1150. The molecule has 2 aliphatic rings. The highest BCUT2D eigenvalue weighted by molar-refractivity contribution is 7.80. The Morgan fingerprint density at radius 2 is 1.75 bits per heavy atom. The number of piperidine rings is 1. The summed E-state index contributed by atoms with van der Waals surface area (Å²) in [4.78, 5) is 11.8. The van der Waals surface area contributed by atoms with Gasteiger partial charge >= 0.3 is 0 Å². The molecule has 1 unspecified atom stereocenters. The summed E-state index contributed by atoms with van der Waals surface area (Å²) in [7, 11) is 0. The third kappa shape index (κ3) is 5.95. The maximum absolute atomic E-state index is 6.09. The summed E-state index contributed by atoms with van der Waals surface area (Å²) in [5.41, 5.74) is 1.50. The Morgan fingerprint density at radius 1 is 1.03 bits per heavy atom. The molecular weight excluding hydrogens is 466 g/mol. The number of para-hydroxylation sites is 1. The maximum atomic E-state index is 6.09. The number of nitrogens with zero attached hydrogens (tertiary/aromatic N) is 3. The fourth-order valence-electron chi connectivity index (χ4n) is 5.50. The molecule has 1 aliphatic heterocycles. The van der Waals surface area contributed by atoms with Crippen LogP contribution in [0.15, 0.2) is 66.7 Å². The number of ether oxygens (including phenoxy) is 1. The molecule has 2 N–H and O–H groups in total. The first-order valence-electron chi connectivity index (χ1n) is 13.1. The molecule has 1 aromatic heterocycles. The molecule has 7 heteroatoms. The van der Waals surface area contributed by atoms with Crippen LogP contribution >= 0.6 is 12.2 Å². The van der Waals surface area contributed by atoms with E-state index >= 15 is 0 Å². The molecule has 1 saturated carbocycles. The number of thiocarbonyl (C=S) groups is 1. The fourth-order valence-corrected chi connectivity index (χ4v) is 5.66. The maximum Gasteiger partial charge on any atom is 0.234 e. The zero-order chi connectivity index (χ0) is 24.8. The standard InChI is InChI=1S/C29H35N5OS/c1-22-11-10-18-34(20-22)25-19-26(35-24-14-6-3-7-15-24)32-27(31-25)33-28(36)30-21-29(16-8-9-17-29)23-12-4-2-5-13-23/h2-7,12-15,19,22H,8-11,16-18,20-21H2,1H3,(H2,30,31,32,33,36). The number of benzene rings is 2. The van der Waals surface area contributed by atoms with Crippen LogP contribution in [0.2, 0.25) is 0 Å². The molecule has 0 radical (unpaired) electrons. The highest BCUT2D eigenvalue weighted by atomic mass is 32.1. The number of aromatic nitrogens is 2. The van der Waals surface area contributed by atoms with Crippen LogP contribution in [0.1, 0.15) is 51.0 Å². The van der Waals surface area contributed by atoms with E-state index in [1.807, 2.05) is 36.4 Å². The highest BCUT2D eigenvalue weighted by Crippen LogP contribution is 2.40. The van der Waals surface area contributed by atoms with Crippen molar-refractivity contribution in [2.45, 2.75) is 50.9 Å². The first-order chi connectivity index (χ1) is 17.6. The lowest BCUT2D eigenvalue weighted by atomic mass is 9.79. The molecule has 2 heterocycles. The monoisotopic (exact) mass is 501 g/mol. The van der Waals surface area contributed by atoms with Gasteiger partial charge in [-0.2, -0.15) is 9.97 Å². The van der Waals surface area contributed by atoms with Crippen molar-refractivity contribution in [2.75, 3.05) is 29.9 Å². The zero-order valence-electron chi connectivity index (χ0n) is 21.0. The SMILES string of the molecule is CC1CCCN(c2cc(Oc3ccccc3)nc(NC(=S)NCC3(c4ccccc4)CCCC3)n2)C1. The smallest absolute Gasteiger partial charge is 0.234 e. The molecule has 0 spiro atoms. The molecule has 6 nitrogen and oxygen atoms in total. The normalized spacial score (nSPS) is 19.0. The topological polar surface area (TPSA) is 62.3 Å². The molecule has 2 fully saturated rings. The van der Waals surface area contributed by atoms with E-state index in [0.29, 0.717) is 22.9 Å². The van der Waals surface area contributed by atoms with Crippen LogP contribution in [0.3, 0.4) is 0 Å². The van der Waals surface area contributed by atoms with Crippen molar-refractivity contribution < 1.29 is 4.74 Å². The molecule has 36 heavy (non-hydrogen) atoms. The molecule has 3 aromatic rings. The van der Waals surface area contributed by atoms with Gasteiger partial charge in [-0.15, -0.1) is 0 Å². The van der Waals surface area contributed by atoms with Crippen LogP contribution in [0.5, 0.6) is 11.6 Å². The molecular formula is C29H35N5OS. The number of hydrogen-bond donors (Lipinski definition) is 2. The van der Waals surface area contributed by atoms with E-state index < -0.39 is 0 Å². The quantitative estimate of drug-likeness (QED) is 0.368. The molecule has 188 valence electrons. The van der Waals surface area contributed by atoms with Gasteiger partial charge < -0.3 is 20.3 Å². The van der Waals surface area contributed by atoms with Crippen molar-refractivity contribution >= 4 is 29.1 Å². The third-order valence-corrected chi connectivity index (χ3v) is 7.64. The molecule has 0 bridgehead atoms. The zero-order valence-corrected chi connectivity index (χ0v) is 21.8. The molecule has 1 aliphatic carbocycles. The first-order valence-corrected chi connectivity index (χ1v) is 13.5. The summed E-state index contributed by atoms with van der Waals surface area (Å²) in [5.74, 6) is 3.20. The van der Waals surface area contributed by atoms with Gasteiger partial charge in [-0.3, -0.25) is 0 Å². The molecule has 1 atom stereocenters. The van der Waals surface area contributed by atoms with Gasteiger partial charge in [0.1, 0.15) is 11.6 Å². The first kappa shape index (κ1) is 24.5. The average Bonchev–Trinajstić information content (AvgIpc) is 3.39. The van der Waals surface area contributed by atoms with Crippen molar-refractivity contribution in [1.29, 1.82) is 0 Å². The van der Waals surface area contributed by atoms with Gasteiger partial charge in [-0.1, -0.05) is 68.3 Å². The second kappa shape index (κ2) is 11.2. The Labute approximate surface area is 219 Å². The van der Waals surface area contributed by atoms with E-state index in [2.05, 4.69) is 57.8 Å². The van der Waals surface area contributed by atoms with Crippen LogP contribution in [0.25, 0.3) is 0 Å². The van der Waals surface area contributed by atoms with Crippen LogP contribution in [-0.4, -0.2) is 34.7 Å². The Balaban J connectivity index is 1.32. The Kier molecular flexibility index (Phi) is 7.66. The van der Waals surface area contributed by atoms with Crippen molar-refractivity contribution in [3.05, 3.63) is 72.3 Å². The van der Waals surface area contributed by atoms with E-state index in [1.165, 1.54) is 37.7 Å². The summed E-state index contributed by atoms with van der Waals surface area (Å²) in [6.45, 7) is 5.04. The largest absolute Gasteiger partial charge is 0.439 e. The van der Waals surface area contributed by atoms with Crippen LogP contribution in [0.4, 0.5) is 11.8 Å². The molecule has 2 aromatic carbocycles. The Hall–Kier alpha value is -3.19. The van der Waals surface area contributed by atoms with Crippen LogP contribution in [0, 0.1) is 5.92 Å². The lowest BCUT2D eigenvalue weighted by Crippen LogP contribution is -2.41. The molecule has 0 amide bonds. The van der Waals surface area contributed by atoms with Gasteiger partial charge in [0, 0.05) is 31.1 Å². The summed E-state index contributed by atoms with van der Waals surface area (Å²) < 4.78 is 6.09. The van der Waals surface area contributed by atoms with Crippen molar-refractivity contribution in [2.24, 2.45) is 5.92 Å². The fraction of sp³-hybridized carbons (Fsp3) is 0.414. The summed E-state index contributed by atoms with van der Waals surface area (Å²) in [6, 6.07) is 22.5. The second-order valence-corrected chi connectivity index (χ2v) is 10.6. The van der Waals surface area contributed by atoms with E-state index in [9.17, 15) is 0 Å². The predicted octanol–water partition coefficient (Wildman–Crippen LogP) is 6.30. The Morgan fingerprint density at radius 3 is 2.47 bits per heavy atom. The average molecular weight is 502 g/mol. The van der Waals surface area contributed by atoms with Gasteiger partial charge in [-0.25, -0.2) is 0 Å². The van der Waals surface area contributed by atoms with E-state index in [0.717, 1.165) is 37.6 Å². The lowest BCUT2D eigenvalue weighted by Gasteiger charge is -2.32. The molecule has 1 saturated heterocycles. The van der Waals surface area contributed by atoms with Gasteiger partial charge in [0.05, 0.1) is 0 Å². The van der Waals surface area contributed by atoms with E-state index in [1.54, 1.807) is 0 Å². The van der Waals surface area contributed by atoms with Gasteiger partial charge in [0.2, 0.25) is 11.8 Å². The third-order valence-electron chi connectivity index (χ3n) is 7.40. The minimum atomic E-state index is 0.112. The van der Waals surface area contributed by atoms with Crippen LogP contribution < -0.4 is 20.3 Å². The summed E-state index contributed by atoms with van der Waals surface area (Å²) >= 11 is 5.71. The number of hydrogen-bond acceptors (Lipinski definition) is 5. The van der Waals surface area contributed by atoms with Gasteiger partial charge in [-0.05, 0) is 61.5 Å². The van der Waals surface area contributed by atoms with Crippen molar-refractivity contribution in [1.82, 2.24) is 15.3 Å². The summed E-state index contributed by atoms with van der Waals surface area (Å²) in [6.07, 6.45) is 7.23. The van der Waals surface area contributed by atoms with E-state index in [-0.39, 0.29) is 5.41 Å². The van der Waals surface area contributed by atoms with Gasteiger partial charge in [0.15, 0.2) is 5.11 Å². The van der Waals surface area contributed by atoms with Crippen LogP contribution in [-0.2, 0) is 5.41 Å². The summed E-state index contributed by atoms with van der Waals surface area (Å²) in [5, 5.41) is 7.25. The highest BCUT2D eigenvalue weighted by Gasteiger charge is 2.35. The second-order valence-electron chi connectivity index (χ2n) is 10.2. The lowest BCUT2D eigenvalue weighted by molar-refractivity contribution is 0.435. The number of rotatable bonds is 7. The number of anilines is 2. The predicted molar refractivity (Wildman–Crippen MR) is 150 cm³/mol. The minimum absolute atomic E-state index is 0.112. The molecule has 5 rings (SSSR count). The minimum Gasteiger partial charge on any atom is -0.439 e. The van der Waals surface area contributed by atoms with Gasteiger partial charge in [0.25, 0.3) is 0 Å². The van der Waals surface area contributed by atoms with Crippen molar-refractivity contribution in [3.8, 4) is 11.6 Å². The van der Waals surface area contributed by atoms with Crippen molar-refractivity contribution in [3.63, 3.8) is 0 Å². The van der Waals surface area contributed by atoms with E-state index in [4.69, 9.17) is 21.9 Å².